The number of aliphatic carboxylic acids is 1. The van der Waals surface area contributed by atoms with Gasteiger partial charge >= 0.3 is 42.3 Å². The van der Waals surface area contributed by atoms with Gasteiger partial charge in [-0.25, -0.2) is 33.6 Å². The van der Waals surface area contributed by atoms with Gasteiger partial charge in [0.15, 0.2) is 5.78 Å². The minimum Gasteiger partial charge on any atom is -0.480 e. The molecule has 24 heteroatoms. The van der Waals surface area contributed by atoms with Gasteiger partial charge in [-0.2, -0.15) is 0 Å². The average Bonchev–Trinajstić information content (AvgIpc) is 0.806. The molecule has 0 saturated carbocycles. The molecule has 3 N–H and O–H groups in total. The summed E-state index contributed by atoms with van der Waals surface area (Å²) in [6, 6.07) is 55.0. The third-order valence-electron chi connectivity index (χ3n) is 20.1. The van der Waals surface area contributed by atoms with Crippen LogP contribution in [-0.2, 0) is 86.0 Å². The number of halogens is 1. The second-order valence-electron chi connectivity index (χ2n) is 34.1. The van der Waals surface area contributed by atoms with Crippen LogP contribution in [0.25, 0.3) is 0 Å². The predicted molar refractivity (Wildman–Crippen MR) is 452 cm³/mol. The van der Waals surface area contributed by atoms with Gasteiger partial charge in [-0.1, -0.05) is 170 Å². The lowest BCUT2D eigenvalue weighted by Crippen LogP contribution is -2.59. The number of methoxy groups -OCH3 is 2. The molecule has 632 valence electrons. The molecule has 0 unspecified atom stereocenters. The van der Waals surface area contributed by atoms with Crippen LogP contribution in [0, 0.1) is 0 Å². The molecule has 4 saturated heterocycles. The summed E-state index contributed by atoms with van der Waals surface area (Å²) in [5.74, 6) is -0.809. The lowest BCUT2D eigenvalue weighted by Gasteiger charge is -2.41. The van der Waals surface area contributed by atoms with Crippen molar-refractivity contribution < 1.29 is 71.9 Å². The van der Waals surface area contributed by atoms with Crippen molar-refractivity contribution >= 4 is 59.7 Å². The van der Waals surface area contributed by atoms with Gasteiger partial charge in [-0.05, 0) is 191 Å². The third kappa shape index (κ3) is 31.6. The van der Waals surface area contributed by atoms with Crippen LogP contribution >= 0.6 is 11.6 Å². The predicted octanol–water partition coefficient (Wildman–Crippen LogP) is 16.1. The number of fused-ring (bicyclic) bond motifs is 2. The Labute approximate surface area is 693 Å². The highest BCUT2D eigenvalue weighted by Crippen LogP contribution is 2.36. The number of amides is 4. The van der Waals surface area contributed by atoms with Gasteiger partial charge in [0.05, 0.1) is 14.2 Å². The van der Waals surface area contributed by atoms with Crippen molar-refractivity contribution in [1.82, 2.24) is 34.3 Å². The van der Waals surface area contributed by atoms with Crippen LogP contribution in [0.2, 0.25) is 0 Å². The van der Waals surface area contributed by atoms with Crippen molar-refractivity contribution in [2.75, 3.05) is 79.7 Å². The summed E-state index contributed by atoms with van der Waals surface area (Å²) in [6.45, 7) is 29.1. The van der Waals surface area contributed by atoms with E-state index in [1.54, 1.807) is 25.7 Å². The molecule has 2 aliphatic carbocycles. The number of nitrogens with zero attached hydrogens (tertiary/aromatic N) is 7. The number of piperidine rings is 1. The number of piperazine rings is 3. The molecule has 6 atom stereocenters. The number of carbonyl (C=O) groups excluding carboxylic acids is 7. The van der Waals surface area contributed by atoms with E-state index in [0.29, 0.717) is 90.2 Å². The van der Waals surface area contributed by atoms with Crippen LogP contribution < -0.4 is 5.73 Å². The number of likely N-dealkylation sites (tertiary alicyclic amines) is 1. The van der Waals surface area contributed by atoms with Gasteiger partial charge in [-0.3, -0.25) is 39.1 Å². The minimum absolute atomic E-state index is 0.139. The number of esters is 2. The number of nitrogens with two attached hydrogens (primary N) is 1. The van der Waals surface area contributed by atoms with Crippen LogP contribution in [0.4, 0.5) is 19.2 Å². The molecule has 4 fully saturated rings. The molecule has 0 spiro atoms. The molecule has 116 heavy (non-hydrogen) atoms. The van der Waals surface area contributed by atoms with Crippen LogP contribution in [-0.4, -0.2) is 214 Å². The summed E-state index contributed by atoms with van der Waals surface area (Å²) < 4.78 is 31.3. The third-order valence-corrected chi connectivity index (χ3v) is 20.4. The van der Waals surface area contributed by atoms with Crippen molar-refractivity contribution in [3.05, 3.63) is 214 Å². The van der Waals surface area contributed by atoms with Gasteiger partial charge in [0.2, 0.25) is 0 Å². The molecule has 23 nitrogen and oxygen atoms in total. The molecule has 4 amide bonds. The number of benzene rings is 6. The first kappa shape index (κ1) is 93.8. The first-order chi connectivity index (χ1) is 55.0. The number of hydrogen-bond donors (Lipinski definition) is 2. The highest BCUT2D eigenvalue weighted by atomic mass is 35.5. The Bertz CT molecular complexity index is 4060. The van der Waals surface area contributed by atoms with Crippen molar-refractivity contribution in [1.29, 1.82) is 0 Å². The van der Waals surface area contributed by atoms with Gasteiger partial charge in [0.1, 0.15) is 46.6 Å². The van der Waals surface area contributed by atoms with Crippen molar-refractivity contribution in [2.45, 2.75) is 231 Å². The first-order valence-electron chi connectivity index (χ1n) is 40.7. The second kappa shape index (κ2) is 45.4. The molecule has 6 aromatic carbocycles. The van der Waals surface area contributed by atoms with Crippen LogP contribution in [0.5, 0.6) is 0 Å². The van der Waals surface area contributed by atoms with Gasteiger partial charge in [-0.15, -0.1) is 11.6 Å². The van der Waals surface area contributed by atoms with Crippen molar-refractivity contribution in [3.8, 4) is 0 Å². The van der Waals surface area contributed by atoms with Gasteiger partial charge < -0.3 is 39.3 Å². The van der Waals surface area contributed by atoms with E-state index < -0.39 is 76.8 Å². The number of carboxylic acids is 1. The monoisotopic (exact) mass is 1620 g/mol. The maximum absolute atomic E-state index is 13.7. The average molecular weight is 1620 g/mol. The Hall–Kier alpha value is -9.39. The zero-order valence-corrected chi connectivity index (χ0v) is 71.6. The summed E-state index contributed by atoms with van der Waals surface area (Å²) in [5.41, 5.74) is 13.7. The van der Waals surface area contributed by atoms with E-state index in [9.17, 15) is 43.5 Å². The standard InChI is InChI=1S/C28H36N2O3.C18H26N2O4.C17H24N2O4.C12H21NO4.C10H13N.C7H7Cl/c1-28(2,3)33-27(32)30-17-16-29(19-21-10-5-4-6-11-21)20-25(30)26(31)18-23-14-9-13-22-12-7-8-15-24(22)23;1-18(2,3)24-17(22)20-11-10-19(13-15(20)16(21)23-4)12-14-8-6-5-7-9-14;1-17(2,3)23-16(22)19-10-9-18(12-14(19)15(20)21)11-13-7-5-4-6-8-13;1-12(2,3)17-11(15)13-8-6-5-7-9(13)10(14)16-4;11-10-7-3-5-8-4-1-2-6-9(8)10;8-6-7-4-2-1-3-5-7/h4-8,10-12,15,23,25H,9,13-14,16-20H2,1-3H3;5-9,15H,10-13H2,1-4H3;4-8,14H,9-12H2,1-3H3,(H,20,21);9H,5-8H2,1-4H3;1-2,4,6,10H,3,5,7,11H2;1-5H,6H2/t23-,25-;15-;14-;9-;10-;/m00001./s1. The fraction of sp³-hybridized carbons (Fsp3) is 0.522. The lowest BCUT2D eigenvalue weighted by molar-refractivity contribution is -0.149. The Morgan fingerprint density at radius 1 is 0.388 bits per heavy atom. The number of aryl methyl sites for hydroxylation is 2. The SMILES string of the molecule is CC(C)(C)OC(=O)N1CCN(Cc2ccccc2)C[C@H]1C(=O)C[C@@H]1CCCc2ccccc21.CC(C)(C)OC(=O)N1CCN(Cc2ccccc2)C[C@H]1C(=O)O.COC(=O)[C@@H]1CCCCN1C(=O)OC(C)(C)C.COC(=O)[C@@H]1CN(Cc2ccccc2)CCN1C(=O)OC(C)(C)C.ClCc1ccccc1.N[C@@H]1CCCc2ccccc21. The van der Waals surface area contributed by atoms with E-state index in [2.05, 4.69) is 75.4 Å². The van der Waals surface area contributed by atoms with Crippen LogP contribution in [0.3, 0.4) is 0 Å². The maximum Gasteiger partial charge on any atom is 0.411 e. The van der Waals surface area contributed by atoms with E-state index in [1.165, 1.54) is 80.7 Å². The summed E-state index contributed by atoms with van der Waals surface area (Å²) >= 11 is 5.53. The largest absolute Gasteiger partial charge is 0.480 e. The molecular weight excluding hydrogens is 1490 g/mol. The highest BCUT2D eigenvalue weighted by molar-refractivity contribution is 6.17. The molecule has 0 bridgehead atoms. The van der Waals surface area contributed by atoms with E-state index in [4.69, 9.17) is 45.8 Å². The van der Waals surface area contributed by atoms with E-state index in [-0.39, 0.29) is 23.8 Å². The lowest BCUT2D eigenvalue weighted by atomic mass is 9.79. The number of alkyl halides is 1. The summed E-state index contributed by atoms with van der Waals surface area (Å²) in [4.78, 5) is 111. The summed E-state index contributed by atoms with van der Waals surface area (Å²) in [7, 11) is 2.68. The van der Waals surface area contributed by atoms with Crippen molar-refractivity contribution in [2.24, 2.45) is 5.73 Å². The summed E-state index contributed by atoms with van der Waals surface area (Å²) in [5, 5.41) is 9.46. The fourth-order valence-electron chi connectivity index (χ4n) is 14.6. The second-order valence-corrected chi connectivity index (χ2v) is 34.3. The van der Waals surface area contributed by atoms with E-state index in [0.717, 1.165) is 63.7 Å². The Morgan fingerprint density at radius 3 is 1.11 bits per heavy atom. The number of hydrogen-bond acceptors (Lipinski definition) is 18. The Kier molecular flexibility index (Phi) is 36.7. The number of ketones is 1. The van der Waals surface area contributed by atoms with Crippen LogP contribution in [0.1, 0.15) is 191 Å². The smallest absolute Gasteiger partial charge is 0.411 e. The number of carbonyl (C=O) groups is 8. The molecule has 4 heterocycles. The zero-order chi connectivity index (χ0) is 84.8. The van der Waals surface area contributed by atoms with E-state index >= 15 is 0 Å². The first-order valence-corrected chi connectivity index (χ1v) is 41.2. The quantitative estimate of drug-likeness (QED) is 0.0618. The molecule has 6 aromatic rings. The number of ether oxygens (including phenoxy) is 6. The molecule has 12 rings (SSSR count). The molecule has 6 aliphatic rings. The molecule has 0 radical (unpaired) electrons. The number of carboxylic acid groups (broad SMARTS) is 1. The van der Waals surface area contributed by atoms with Gasteiger partial charge in [0, 0.05) is 103 Å². The number of Topliss-reactive ketones (excluding diaryl/α,β-unsaturated/α-hetero) is 1. The highest BCUT2D eigenvalue weighted by Gasteiger charge is 2.42. The van der Waals surface area contributed by atoms with Crippen LogP contribution in [0.15, 0.2) is 170 Å². The zero-order valence-electron chi connectivity index (χ0n) is 70.8. The summed E-state index contributed by atoms with van der Waals surface area (Å²) in [6.07, 6.45) is 7.90. The Balaban J connectivity index is 0.000000202. The number of rotatable bonds is 13. The minimum atomic E-state index is -1.01. The topological polar surface area (TPSA) is 261 Å². The fourth-order valence-corrected chi connectivity index (χ4v) is 14.7. The molecule has 4 aliphatic heterocycles. The normalized spacial score (nSPS) is 19.7. The molecule has 0 aromatic heterocycles. The Morgan fingerprint density at radius 2 is 0.724 bits per heavy atom. The van der Waals surface area contributed by atoms with Gasteiger partial charge in [0.25, 0.3) is 0 Å². The van der Waals surface area contributed by atoms with Crippen molar-refractivity contribution in [3.63, 3.8) is 0 Å². The maximum atomic E-state index is 13.7. The van der Waals surface area contributed by atoms with E-state index in [1.807, 2.05) is 172 Å². The molecular formula is C92H127ClN8O15.